The number of benzene rings is 1. The number of halogens is 1. The number of hydrogen-bond donors (Lipinski definition) is 1. The van der Waals surface area contributed by atoms with Crippen molar-refractivity contribution < 1.29 is 14.2 Å². The Morgan fingerprint density at radius 3 is 2.60 bits per heavy atom. The first-order valence-corrected chi connectivity index (χ1v) is 7.23. The van der Waals surface area contributed by atoms with Crippen LogP contribution in [0.25, 0.3) is 0 Å². The normalized spacial score (nSPS) is 11.1. The highest BCUT2D eigenvalue weighted by Gasteiger charge is 2.08. The van der Waals surface area contributed by atoms with E-state index in [2.05, 4.69) is 19.2 Å². The Labute approximate surface area is 126 Å². The van der Waals surface area contributed by atoms with E-state index in [1.807, 2.05) is 18.2 Å². The van der Waals surface area contributed by atoms with E-state index >= 15 is 0 Å². The van der Waals surface area contributed by atoms with Crippen LogP contribution in [0.15, 0.2) is 18.2 Å². The fourth-order valence-corrected chi connectivity index (χ4v) is 1.84. The van der Waals surface area contributed by atoms with Gasteiger partial charge in [-0.25, -0.2) is 0 Å². The molecular weight excluding hydrogens is 278 g/mol. The zero-order chi connectivity index (χ0) is 14.8. The second kappa shape index (κ2) is 10.00. The van der Waals surface area contributed by atoms with Gasteiger partial charge in [0.05, 0.1) is 19.8 Å². The third-order valence-corrected chi connectivity index (χ3v) is 3.03. The van der Waals surface area contributed by atoms with Gasteiger partial charge in [0, 0.05) is 30.3 Å². The molecule has 0 fully saturated rings. The molecule has 0 amide bonds. The van der Waals surface area contributed by atoms with Crippen LogP contribution in [0.2, 0.25) is 5.02 Å². The minimum Gasteiger partial charge on any atom is -0.491 e. The van der Waals surface area contributed by atoms with Gasteiger partial charge in [0.1, 0.15) is 12.4 Å². The van der Waals surface area contributed by atoms with Crippen LogP contribution in [0.5, 0.6) is 5.75 Å². The van der Waals surface area contributed by atoms with Crippen molar-refractivity contribution in [1.29, 1.82) is 0 Å². The molecule has 1 aromatic rings. The van der Waals surface area contributed by atoms with E-state index in [0.29, 0.717) is 39.0 Å². The molecule has 1 N–H and O–H groups in total. The summed E-state index contributed by atoms with van der Waals surface area (Å²) >= 11 is 6.23. The number of ether oxygens (including phenoxy) is 3. The van der Waals surface area contributed by atoms with Crippen LogP contribution in [0, 0.1) is 0 Å². The third kappa shape index (κ3) is 6.57. The molecule has 0 aliphatic heterocycles. The molecule has 0 heterocycles. The predicted octanol–water partition coefficient (Wildman–Crippen LogP) is 2.88. The van der Waals surface area contributed by atoms with Crippen LogP contribution >= 0.6 is 11.6 Å². The van der Waals surface area contributed by atoms with Crippen molar-refractivity contribution >= 4 is 11.6 Å². The highest BCUT2D eigenvalue weighted by atomic mass is 35.5. The van der Waals surface area contributed by atoms with Crippen LogP contribution in [0.4, 0.5) is 0 Å². The number of nitrogens with one attached hydrogen (secondary N) is 1. The quantitative estimate of drug-likeness (QED) is 0.675. The number of methoxy groups -OCH3 is 1. The van der Waals surface area contributed by atoms with Gasteiger partial charge in [0.2, 0.25) is 0 Å². The molecule has 0 saturated carbocycles. The maximum absolute atomic E-state index is 6.23. The molecule has 0 aliphatic carbocycles. The largest absolute Gasteiger partial charge is 0.491 e. The Bertz CT molecular complexity index is 385. The van der Waals surface area contributed by atoms with Gasteiger partial charge in [0.25, 0.3) is 0 Å². The molecule has 114 valence electrons. The van der Waals surface area contributed by atoms with Gasteiger partial charge in [0.15, 0.2) is 0 Å². The van der Waals surface area contributed by atoms with Crippen LogP contribution < -0.4 is 10.1 Å². The first-order valence-electron chi connectivity index (χ1n) is 6.85. The third-order valence-electron chi connectivity index (χ3n) is 2.68. The molecule has 0 spiro atoms. The molecule has 0 saturated heterocycles. The molecule has 1 aromatic carbocycles. The van der Waals surface area contributed by atoms with E-state index < -0.39 is 0 Å². The lowest BCUT2D eigenvalue weighted by molar-refractivity contribution is 0.0542. The topological polar surface area (TPSA) is 39.7 Å². The molecular formula is C15H24ClNO3. The lowest BCUT2D eigenvalue weighted by Gasteiger charge is -2.15. The summed E-state index contributed by atoms with van der Waals surface area (Å²) in [6.45, 7) is 7.10. The van der Waals surface area contributed by atoms with Crippen molar-refractivity contribution in [3.63, 3.8) is 0 Å². The summed E-state index contributed by atoms with van der Waals surface area (Å²) in [5.41, 5.74) is 0.986. The summed E-state index contributed by atoms with van der Waals surface area (Å²) in [6.07, 6.45) is 0. The van der Waals surface area contributed by atoms with Gasteiger partial charge >= 0.3 is 0 Å². The van der Waals surface area contributed by atoms with Crippen LogP contribution in [0.1, 0.15) is 19.4 Å². The Morgan fingerprint density at radius 1 is 1.15 bits per heavy atom. The average molecular weight is 302 g/mol. The molecule has 4 nitrogen and oxygen atoms in total. The lowest BCUT2D eigenvalue weighted by Crippen LogP contribution is -2.22. The molecule has 5 heteroatoms. The predicted molar refractivity (Wildman–Crippen MR) is 81.6 cm³/mol. The van der Waals surface area contributed by atoms with Gasteiger partial charge in [-0.15, -0.1) is 0 Å². The molecule has 0 bridgehead atoms. The standard InChI is InChI=1S/C15H24ClNO3/c1-12(2)17-11-13-14(16)5-4-6-15(13)20-10-9-19-8-7-18-3/h4-6,12,17H,7-11H2,1-3H3. The lowest BCUT2D eigenvalue weighted by atomic mass is 10.2. The van der Waals surface area contributed by atoms with Gasteiger partial charge in [-0.1, -0.05) is 31.5 Å². The van der Waals surface area contributed by atoms with E-state index in [0.717, 1.165) is 16.3 Å². The maximum atomic E-state index is 6.23. The smallest absolute Gasteiger partial charge is 0.125 e. The average Bonchev–Trinajstić information content (AvgIpc) is 2.41. The van der Waals surface area contributed by atoms with Crippen LogP contribution in [-0.4, -0.2) is 39.6 Å². The summed E-state index contributed by atoms with van der Waals surface area (Å²) in [4.78, 5) is 0. The van der Waals surface area contributed by atoms with Crippen molar-refractivity contribution in [2.24, 2.45) is 0 Å². The molecule has 0 radical (unpaired) electrons. The maximum Gasteiger partial charge on any atom is 0.125 e. The van der Waals surface area contributed by atoms with Crippen molar-refractivity contribution in [3.8, 4) is 5.75 Å². The van der Waals surface area contributed by atoms with E-state index in [4.69, 9.17) is 25.8 Å². The summed E-state index contributed by atoms with van der Waals surface area (Å²) in [5, 5.41) is 4.07. The molecule has 0 unspecified atom stereocenters. The van der Waals surface area contributed by atoms with Crippen LogP contribution in [-0.2, 0) is 16.0 Å². The molecule has 0 aliphatic rings. The summed E-state index contributed by atoms with van der Waals surface area (Å²) in [7, 11) is 1.65. The summed E-state index contributed by atoms with van der Waals surface area (Å²) < 4.78 is 16.0. The number of hydrogen-bond acceptors (Lipinski definition) is 4. The van der Waals surface area contributed by atoms with Crippen molar-refractivity contribution in [2.45, 2.75) is 26.4 Å². The van der Waals surface area contributed by atoms with Gasteiger partial charge < -0.3 is 19.5 Å². The summed E-state index contributed by atoms with van der Waals surface area (Å²) in [5.74, 6) is 0.806. The Morgan fingerprint density at radius 2 is 1.90 bits per heavy atom. The van der Waals surface area contributed by atoms with Gasteiger partial charge in [-0.3, -0.25) is 0 Å². The highest BCUT2D eigenvalue weighted by Crippen LogP contribution is 2.26. The second-order valence-corrected chi connectivity index (χ2v) is 5.11. The molecule has 20 heavy (non-hydrogen) atoms. The van der Waals surface area contributed by atoms with E-state index in [1.165, 1.54) is 0 Å². The molecule has 0 atom stereocenters. The Balaban J connectivity index is 2.45. The SMILES string of the molecule is COCCOCCOc1cccc(Cl)c1CNC(C)C. The molecule has 0 aromatic heterocycles. The second-order valence-electron chi connectivity index (χ2n) is 4.71. The minimum atomic E-state index is 0.400. The summed E-state index contributed by atoms with van der Waals surface area (Å²) in [6, 6.07) is 6.10. The first-order chi connectivity index (χ1) is 9.65. The van der Waals surface area contributed by atoms with E-state index in [9.17, 15) is 0 Å². The van der Waals surface area contributed by atoms with Gasteiger partial charge in [-0.05, 0) is 12.1 Å². The highest BCUT2D eigenvalue weighted by molar-refractivity contribution is 6.31. The zero-order valence-corrected chi connectivity index (χ0v) is 13.2. The fourth-order valence-electron chi connectivity index (χ4n) is 1.61. The van der Waals surface area contributed by atoms with Crippen LogP contribution in [0.3, 0.4) is 0 Å². The minimum absolute atomic E-state index is 0.400. The molecule has 1 rings (SSSR count). The Hall–Kier alpha value is -0.810. The van der Waals surface area contributed by atoms with Crippen molar-refractivity contribution in [2.75, 3.05) is 33.5 Å². The van der Waals surface area contributed by atoms with Crippen molar-refractivity contribution in [3.05, 3.63) is 28.8 Å². The monoisotopic (exact) mass is 301 g/mol. The first kappa shape index (κ1) is 17.2. The van der Waals surface area contributed by atoms with E-state index in [-0.39, 0.29) is 0 Å². The van der Waals surface area contributed by atoms with Gasteiger partial charge in [-0.2, -0.15) is 0 Å². The van der Waals surface area contributed by atoms with E-state index in [1.54, 1.807) is 7.11 Å². The van der Waals surface area contributed by atoms with Crippen molar-refractivity contribution in [1.82, 2.24) is 5.32 Å². The zero-order valence-electron chi connectivity index (χ0n) is 12.4. The Kier molecular flexibility index (Phi) is 8.62. The fraction of sp³-hybridized carbons (Fsp3) is 0.600. The number of rotatable bonds is 10.